The van der Waals surface area contributed by atoms with Crippen LogP contribution < -0.4 is 5.73 Å². The van der Waals surface area contributed by atoms with Crippen LogP contribution in [0.1, 0.15) is 32.1 Å². The van der Waals surface area contributed by atoms with Gasteiger partial charge in [-0.25, -0.2) is 9.37 Å². The van der Waals surface area contributed by atoms with Gasteiger partial charge >= 0.3 is 7.05 Å². The number of alkyl halides is 1. The molecule has 0 radical (unpaired) electrons. The van der Waals surface area contributed by atoms with E-state index in [1.165, 1.54) is 6.33 Å². The van der Waals surface area contributed by atoms with Crippen molar-refractivity contribution in [2.24, 2.45) is 23.5 Å². The van der Waals surface area contributed by atoms with Crippen LogP contribution in [0.5, 0.6) is 0 Å². The molecule has 27 heavy (non-hydrogen) atoms. The number of halogens is 1. The second-order valence-electron chi connectivity index (χ2n) is 7.90. The number of aromatic nitrogens is 3. The highest BCUT2D eigenvalue weighted by Gasteiger charge is 2.43. The maximum atomic E-state index is 13.7. The molecule has 0 bridgehead atoms. The Morgan fingerprint density at radius 2 is 2.07 bits per heavy atom. The van der Waals surface area contributed by atoms with Gasteiger partial charge in [0.1, 0.15) is 24.6 Å². The first-order chi connectivity index (χ1) is 12.8. The number of amides is 1. The Hall–Kier alpha value is -1.81. The fraction of sp³-hybridized carbons (Fsp3) is 0.765. The molecule has 2 fully saturated rings. The van der Waals surface area contributed by atoms with Crippen molar-refractivity contribution in [1.82, 2.24) is 19.6 Å². The summed E-state index contributed by atoms with van der Waals surface area (Å²) in [5.41, 5.74) is 5.35. The first kappa shape index (κ1) is 19.9. The van der Waals surface area contributed by atoms with E-state index >= 15 is 0 Å². The van der Waals surface area contributed by atoms with Crippen molar-refractivity contribution in [3.8, 4) is 0 Å². The van der Waals surface area contributed by atoms with Crippen LogP contribution in [-0.4, -0.2) is 62.1 Å². The first-order valence-electron chi connectivity index (χ1n) is 9.57. The van der Waals surface area contributed by atoms with Crippen molar-refractivity contribution < 1.29 is 19.0 Å². The van der Waals surface area contributed by atoms with E-state index in [9.17, 15) is 19.0 Å². The van der Waals surface area contributed by atoms with E-state index in [0.717, 1.165) is 25.8 Å². The normalized spacial score (nSPS) is 30.7. The molecule has 1 heterocycles. The number of rotatable bonds is 8. The maximum Gasteiger partial charge on any atom is 0.377 e. The predicted octanol–water partition coefficient (Wildman–Crippen LogP) is 0.278. The molecule has 8 nitrogen and oxygen atoms in total. The summed E-state index contributed by atoms with van der Waals surface area (Å²) < 4.78 is 15.5. The predicted molar refractivity (Wildman–Crippen MR) is 97.0 cm³/mol. The first-order valence-corrected chi connectivity index (χ1v) is 9.57. The third kappa shape index (κ3) is 4.73. The van der Waals surface area contributed by atoms with Gasteiger partial charge in [-0.1, -0.05) is 0 Å². The molecule has 1 amide bonds. The van der Waals surface area contributed by atoms with E-state index in [0.29, 0.717) is 5.92 Å². The van der Waals surface area contributed by atoms with Crippen molar-refractivity contribution in [3.63, 3.8) is 0 Å². The number of primary amides is 1. The topological polar surface area (TPSA) is 114 Å². The number of Topliss-reactive ketones (excluding diaryl/α,β-unsaturated/α-hetero) is 1. The summed E-state index contributed by atoms with van der Waals surface area (Å²) in [6, 6.07) is 0.0667. The Labute approximate surface area is 158 Å². The quantitative estimate of drug-likeness (QED) is 0.627. The number of ketones is 1. The van der Waals surface area contributed by atoms with Gasteiger partial charge in [0.05, 0.1) is 5.92 Å². The van der Waals surface area contributed by atoms with Gasteiger partial charge in [-0.15, -0.1) is 0 Å². The molecule has 1 aromatic rings. The number of hydrogen-bond donors (Lipinski definition) is 2. The summed E-state index contributed by atoms with van der Waals surface area (Å²) in [7, 11) is -0.793. The molecule has 10 heteroatoms. The van der Waals surface area contributed by atoms with Crippen LogP contribution in [0.15, 0.2) is 12.7 Å². The summed E-state index contributed by atoms with van der Waals surface area (Å²) in [4.78, 5) is 30.0. The van der Waals surface area contributed by atoms with Gasteiger partial charge < -0.3 is 15.6 Å². The Morgan fingerprint density at radius 1 is 1.33 bits per heavy atom. The average molecular weight is 379 g/mol. The monoisotopic (exact) mass is 379 g/mol. The van der Waals surface area contributed by atoms with Crippen molar-refractivity contribution in [3.05, 3.63) is 12.7 Å². The summed E-state index contributed by atoms with van der Waals surface area (Å²) in [5.74, 6) is -1.86. The maximum absolute atomic E-state index is 13.7. The zero-order valence-electron chi connectivity index (χ0n) is 15.6. The van der Waals surface area contributed by atoms with Gasteiger partial charge in [0, 0.05) is 25.0 Å². The second-order valence-corrected chi connectivity index (χ2v) is 7.90. The fourth-order valence-corrected chi connectivity index (χ4v) is 4.62. The molecule has 1 unspecified atom stereocenters. The highest BCUT2D eigenvalue weighted by atomic mass is 19.1. The fourth-order valence-electron chi connectivity index (χ4n) is 4.62. The molecule has 0 aliphatic heterocycles. The molecular weight excluding hydrogens is 352 g/mol. The molecule has 2 aliphatic carbocycles. The minimum absolute atomic E-state index is 0.0134. The molecule has 148 valence electrons. The highest BCUT2D eigenvalue weighted by Crippen LogP contribution is 2.36. The van der Waals surface area contributed by atoms with Gasteiger partial charge in [-0.2, -0.15) is 5.10 Å². The van der Waals surface area contributed by atoms with Crippen LogP contribution in [0.4, 0.5) is 4.39 Å². The Kier molecular flexibility index (Phi) is 6.26. The van der Waals surface area contributed by atoms with Crippen molar-refractivity contribution in [2.45, 2.75) is 57.7 Å². The second kappa shape index (κ2) is 8.47. The van der Waals surface area contributed by atoms with E-state index in [1.807, 2.05) is 0 Å². The van der Waals surface area contributed by atoms with Crippen LogP contribution in [0.3, 0.4) is 0 Å². The van der Waals surface area contributed by atoms with E-state index in [2.05, 4.69) is 10.1 Å². The van der Waals surface area contributed by atoms with Gasteiger partial charge in [-0.3, -0.25) is 14.3 Å². The Morgan fingerprint density at radius 3 is 2.70 bits per heavy atom. The van der Waals surface area contributed by atoms with E-state index in [4.69, 9.17) is 5.73 Å². The SMILES string of the molecule is CB(O)N(CC(=O)C1C[C@@H](F)C[C@H]1C(N)=O)[C@@H]1CC[C@H](Cn2cncn2)C1. The molecule has 1 aromatic heterocycles. The van der Waals surface area contributed by atoms with E-state index in [-0.39, 0.29) is 31.2 Å². The van der Waals surface area contributed by atoms with Gasteiger partial charge in [0.15, 0.2) is 0 Å². The molecule has 0 saturated heterocycles. The standard InChI is InChI=1S/C17H27BFN5O3/c1-18(27)24(8-16(25)14-5-12(19)6-15(14)17(20)26)13-3-2-11(4-13)7-23-10-21-9-22-23/h9-15,27H,2-8H2,1H3,(H2,20,26)/t11-,12+,13+,14?,15+/m0/s1. The van der Waals surface area contributed by atoms with Crippen LogP contribution in [0.2, 0.25) is 6.82 Å². The zero-order valence-corrected chi connectivity index (χ0v) is 15.6. The number of hydrogen-bond acceptors (Lipinski definition) is 6. The number of carbonyl (C=O) groups is 2. The van der Waals surface area contributed by atoms with Crippen LogP contribution in [0.25, 0.3) is 0 Å². The van der Waals surface area contributed by atoms with Crippen molar-refractivity contribution in [1.29, 1.82) is 0 Å². The summed E-state index contributed by atoms with van der Waals surface area (Å²) in [6.07, 6.45) is 4.75. The minimum Gasteiger partial charge on any atom is -0.437 e. The summed E-state index contributed by atoms with van der Waals surface area (Å²) in [6.45, 7) is 2.41. The van der Waals surface area contributed by atoms with E-state index < -0.39 is 31.0 Å². The molecular formula is C17H27BFN5O3. The average Bonchev–Trinajstić information content (AvgIpc) is 3.33. The number of nitrogens with zero attached hydrogens (tertiary/aromatic N) is 4. The lowest BCUT2D eigenvalue weighted by atomic mass is 9.80. The molecule has 2 saturated carbocycles. The third-order valence-electron chi connectivity index (χ3n) is 6.00. The summed E-state index contributed by atoms with van der Waals surface area (Å²) in [5, 5.41) is 14.3. The van der Waals surface area contributed by atoms with Gasteiger partial charge in [-0.05, 0) is 44.8 Å². The molecule has 5 atom stereocenters. The molecule has 3 rings (SSSR count). The Balaban J connectivity index is 1.60. The minimum atomic E-state index is -1.17. The highest BCUT2D eigenvalue weighted by molar-refractivity contribution is 6.45. The molecule has 0 aromatic carbocycles. The lowest BCUT2D eigenvalue weighted by molar-refractivity contribution is -0.131. The lowest BCUT2D eigenvalue weighted by Crippen LogP contribution is -2.48. The zero-order chi connectivity index (χ0) is 19.6. The lowest BCUT2D eigenvalue weighted by Gasteiger charge is -2.31. The van der Waals surface area contributed by atoms with Crippen LogP contribution in [0, 0.1) is 17.8 Å². The number of carbonyl (C=O) groups excluding carboxylic acids is 2. The van der Waals surface area contributed by atoms with Crippen molar-refractivity contribution in [2.75, 3.05) is 6.54 Å². The molecule has 2 aliphatic rings. The summed E-state index contributed by atoms with van der Waals surface area (Å²) >= 11 is 0. The molecule has 3 N–H and O–H groups in total. The van der Waals surface area contributed by atoms with Crippen LogP contribution >= 0.6 is 0 Å². The Bertz CT molecular complexity index is 659. The molecule has 0 spiro atoms. The van der Waals surface area contributed by atoms with E-state index in [1.54, 1.807) is 22.6 Å². The van der Waals surface area contributed by atoms with Crippen LogP contribution in [-0.2, 0) is 16.1 Å². The largest absolute Gasteiger partial charge is 0.437 e. The van der Waals surface area contributed by atoms with Crippen molar-refractivity contribution >= 4 is 18.7 Å². The smallest absolute Gasteiger partial charge is 0.377 e. The van der Waals surface area contributed by atoms with Gasteiger partial charge in [0.25, 0.3) is 0 Å². The third-order valence-corrected chi connectivity index (χ3v) is 6.00. The number of nitrogens with two attached hydrogens (primary N) is 1. The van der Waals surface area contributed by atoms with Gasteiger partial charge in [0.2, 0.25) is 5.91 Å².